The zero-order valence-electron chi connectivity index (χ0n) is 9.16. The lowest BCUT2D eigenvalue weighted by Gasteiger charge is -2.21. The van der Waals surface area contributed by atoms with E-state index in [1.807, 2.05) is 0 Å². The highest BCUT2D eigenvalue weighted by atomic mass is 19.1. The molecule has 15 heavy (non-hydrogen) atoms. The van der Waals surface area contributed by atoms with Crippen LogP contribution < -0.4 is 5.73 Å². The highest BCUT2D eigenvalue weighted by molar-refractivity contribution is 5.25. The van der Waals surface area contributed by atoms with Crippen molar-refractivity contribution >= 4 is 0 Å². The summed E-state index contributed by atoms with van der Waals surface area (Å²) in [5, 5.41) is 0. The van der Waals surface area contributed by atoms with Gasteiger partial charge in [-0.1, -0.05) is 12.1 Å². The van der Waals surface area contributed by atoms with Gasteiger partial charge in [-0.05, 0) is 24.1 Å². The second kappa shape index (κ2) is 5.21. The third kappa shape index (κ3) is 2.75. The van der Waals surface area contributed by atoms with Crippen molar-refractivity contribution in [2.45, 2.75) is 19.3 Å². The number of hydrogen-bond donors (Lipinski definition) is 1. The summed E-state index contributed by atoms with van der Waals surface area (Å²) in [4.78, 5) is 0. The maximum atomic E-state index is 13.3. The Morgan fingerprint density at radius 2 is 1.87 bits per heavy atom. The first-order valence-electron chi connectivity index (χ1n) is 4.67. The molecule has 0 heterocycles. The first-order valence-corrected chi connectivity index (χ1v) is 4.67. The fourth-order valence-electron chi connectivity index (χ4n) is 1.36. The minimum atomic E-state index is -0.563. The van der Waals surface area contributed by atoms with Crippen LogP contribution in [0.15, 0.2) is 18.2 Å². The third-order valence-electron chi connectivity index (χ3n) is 2.34. The first kappa shape index (κ1) is 12.1. The Morgan fingerprint density at radius 3 is 2.33 bits per heavy atom. The maximum Gasteiger partial charge on any atom is 0.176 e. The Balaban J connectivity index is 2.90. The van der Waals surface area contributed by atoms with Crippen LogP contribution in [-0.4, -0.2) is 20.5 Å². The predicted molar refractivity (Wildman–Crippen MR) is 55.9 cm³/mol. The van der Waals surface area contributed by atoms with Crippen LogP contribution in [0.2, 0.25) is 0 Å². The van der Waals surface area contributed by atoms with Crippen LogP contribution in [0, 0.1) is 12.7 Å². The lowest BCUT2D eigenvalue weighted by atomic mass is 10.1. The van der Waals surface area contributed by atoms with Crippen molar-refractivity contribution < 1.29 is 13.9 Å². The van der Waals surface area contributed by atoms with E-state index in [0.29, 0.717) is 11.1 Å². The van der Waals surface area contributed by atoms with Crippen molar-refractivity contribution in [1.29, 1.82) is 0 Å². The number of benzene rings is 1. The maximum absolute atomic E-state index is 13.3. The summed E-state index contributed by atoms with van der Waals surface area (Å²) in [5.74, 6) is -0.270. The second-order valence-electron chi connectivity index (χ2n) is 3.37. The van der Waals surface area contributed by atoms with Gasteiger partial charge in [0.15, 0.2) is 6.29 Å². The van der Waals surface area contributed by atoms with E-state index in [4.69, 9.17) is 15.2 Å². The van der Waals surface area contributed by atoms with E-state index in [1.165, 1.54) is 20.3 Å². The van der Waals surface area contributed by atoms with Crippen LogP contribution in [0.4, 0.5) is 4.39 Å². The molecule has 0 saturated heterocycles. The van der Waals surface area contributed by atoms with Crippen LogP contribution in [0.5, 0.6) is 0 Å². The molecule has 0 fully saturated rings. The summed E-state index contributed by atoms with van der Waals surface area (Å²) < 4.78 is 23.3. The molecule has 84 valence electrons. The monoisotopic (exact) mass is 213 g/mol. The molecule has 0 spiro atoms. The Bertz CT molecular complexity index is 326. The van der Waals surface area contributed by atoms with E-state index in [9.17, 15) is 4.39 Å². The largest absolute Gasteiger partial charge is 0.354 e. The van der Waals surface area contributed by atoms with Crippen LogP contribution in [0.25, 0.3) is 0 Å². The molecule has 1 aromatic carbocycles. The molecule has 0 aromatic heterocycles. The fraction of sp³-hybridized carbons (Fsp3) is 0.455. The van der Waals surface area contributed by atoms with Crippen LogP contribution in [-0.2, 0) is 9.47 Å². The molecule has 3 nitrogen and oxygen atoms in total. The summed E-state index contributed by atoms with van der Waals surface area (Å²) >= 11 is 0. The van der Waals surface area contributed by atoms with Gasteiger partial charge in [0, 0.05) is 14.2 Å². The SMILES string of the molecule is COC(OC)C(N)c1ccc(C)c(F)c1. The lowest BCUT2D eigenvalue weighted by molar-refractivity contribution is -0.117. The lowest BCUT2D eigenvalue weighted by Crippen LogP contribution is -2.29. The zero-order chi connectivity index (χ0) is 11.4. The molecule has 0 radical (unpaired) electrons. The summed E-state index contributed by atoms with van der Waals surface area (Å²) in [6.07, 6.45) is -0.563. The minimum Gasteiger partial charge on any atom is -0.354 e. The normalized spacial score (nSPS) is 13.2. The third-order valence-corrected chi connectivity index (χ3v) is 2.34. The van der Waals surface area contributed by atoms with Crippen molar-refractivity contribution in [3.05, 3.63) is 35.1 Å². The molecular formula is C11H16FNO2. The molecule has 0 aliphatic heterocycles. The number of ether oxygens (including phenoxy) is 2. The van der Waals surface area contributed by atoms with Crippen LogP contribution in [0.3, 0.4) is 0 Å². The molecule has 2 N–H and O–H groups in total. The number of hydrogen-bond acceptors (Lipinski definition) is 3. The van der Waals surface area contributed by atoms with E-state index in [1.54, 1.807) is 19.1 Å². The predicted octanol–water partition coefficient (Wildman–Crippen LogP) is 1.75. The van der Waals surface area contributed by atoms with E-state index < -0.39 is 12.3 Å². The van der Waals surface area contributed by atoms with Crippen molar-refractivity contribution in [2.75, 3.05) is 14.2 Å². The summed E-state index contributed by atoms with van der Waals surface area (Å²) in [5.41, 5.74) is 7.12. The van der Waals surface area contributed by atoms with Gasteiger partial charge in [0.05, 0.1) is 6.04 Å². The smallest absolute Gasteiger partial charge is 0.176 e. The number of methoxy groups -OCH3 is 2. The fourth-order valence-corrected chi connectivity index (χ4v) is 1.36. The Hall–Kier alpha value is -0.970. The van der Waals surface area contributed by atoms with Gasteiger partial charge < -0.3 is 15.2 Å². The summed E-state index contributed by atoms with van der Waals surface area (Å²) in [6, 6.07) is 4.38. The number of halogens is 1. The molecular weight excluding hydrogens is 197 g/mol. The van der Waals surface area contributed by atoms with Crippen molar-refractivity contribution in [3.8, 4) is 0 Å². The number of nitrogens with two attached hydrogens (primary N) is 1. The van der Waals surface area contributed by atoms with E-state index in [2.05, 4.69) is 0 Å². The molecule has 1 rings (SSSR count). The van der Waals surface area contributed by atoms with Crippen LogP contribution in [0.1, 0.15) is 17.2 Å². The molecule has 4 heteroatoms. The molecule has 0 saturated carbocycles. The topological polar surface area (TPSA) is 44.5 Å². The standard InChI is InChI=1S/C11H16FNO2/c1-7-4-5-8(6-9(7)12)10(13)11(14-2)15-3/h4-6,10-11H,13H2,1-3H3. The molecule has 0 bridgehead atoms. The summed E-state index contributed by atoms with van der Waals surface area (Å²) in [7, 11) is 3.00. The molecule has 0 aliphatic rings. The molecule has 0 amide bonds. The highest BCUT2D eigenvalue weighted by Gasteiger charge is 2.18. The summed E-state index contributed by atoms with van der Waals surface area (Å²) in [6.45, 7) is 1.70. The van der Waals surface area contributed by atoms with Gasteiger partial charge in [-0.3, -0.25) is 0 Å². The van der Waals surface area contributed by atoms with E-state index in [0.717, 1.165) is 0 Å². The molecule has 1 unspecified atom stereocenters. The minimum absolute atomic E-state index is 0.270. The van der Waals surface area contributed by atoms with Gasteiger partial charge in [0.25, 0.3) is 0 Å². The second-order valence-corrected chi connectivity index (χ2v) is 3.37. The van der Waals surface area contributed by atoms with E-state index >= 15 is 0 Å². The van der Waals surface area contributed by atoms with Gasteiger partial charge in [-0.2, -0.15) is 0 Å². The number of aryl methyl sites for hydroxylation is 1. The van der Waals surface area contributed by atoms with Crippen LogP contribution >= 0.6 is 0 Å². The highest BCUT2D eigenvalue weighted by Crippen LogP contribution is 2.19. The molecule has 1 atom stereocenters. The Labute approximate surface area is 89.0 Å². The number of rotatable bonds is 4. The average Bonchev–Trinajstić information content (AvgIpc) is 2.23. The Morgan fingerprint density at radius 1 is 1.27 bits per heavy atom. The Kier molecular flexibility index (Phi) is 4.20. The van der Waals surface area contributed by atoms with E-state index in [-0.39, 0.29) is 5.82 Å². The van der Waals surface area contributed by atoms with Crippen molar-refractivity contribution in [2.24, 2.45) is 5.73 Å². The van der Waals surface area contributed by atoms with Gasteiger partial charge in [0.2, 0.25) is 0 Å². The molecule has 1 aromatic rings. The zero-order valence-corrected chi connectivity index (χ0v) is 9.16. The van der Waals surface area contributed by atoms with Crippen molar-refractivity contribution in [3.63, 3.8) is 0 Å². The van der Waals surface area contributed by atoms with Crippen molar-refractivity contribution in [1.82, 2.24) is 0 Å². The van der Waals surface area contributed by atoms with Gasteiger partial charge >= 0.3 is 0 Å². The van der Waals surface area contributed by atoms with Gasteiger partial charge in [-0.15, -0.1) is 0 Å². The first-order chi connectivity index (χ1) is 7.10. The average molecular weight is 213 g/mol. The quantitative estimate of drug-likeness (QED) is 0.775. The molecule has 0 aliphatic carbocycles. The van der Waals surface area contributed by atoms with Gasteiger partial charge in [-0.25, -0.2) is 4.39 Å². The van der Waals surface area contributed by atoms with Gasteiger partial charge in [0.1, 0.15) is 5.82 Å².